The molecule has 0 radical (unpaired) electrons. The predicted molar refractivity (Wildman–Crippen MR) is 58.1 cm³/mol. The third-order valence-corrected chi connectivity index (χ3v) is 5.20. The first-order valence-corrected chi connectivity index (χ1v) is 6.63. The van der Waals surface area contributed by atoms with E-state index in [0.29, 0.717) is 12.8 Å². The molecule has 0 bridgehead atoms. The minimum absolute atomic E-state index is 0.248. The number of primary amides is 1. The molecule has 0 atom stereocenters. The van der Waals surface area contributed by atoms with Crippen LogP contribution in [0.2, 0.25) is 0 Å². The Balaban J connectivity index is 3.13. The summed E-state index contributed by atoms with van der Waals surface area (Å²) < 4.78 is 23.8. The van der Waals surface area contributed by atoms with Crippen LogP contribution in [0.15, 0.2) is 0 Å². The second kappa shape index (κ2) is 4.40. The van der Waals surface area contributed by atoms with Crippen LogP contribution >= 0.6 is 0 Å². The summed E-state index contributed by atoms with van der Waals surface area (Å²) in [5.41, 5.74) is 4.98. The molecule has 3 N–H and O–H groups in total. The standard InChI is InChI=1S/C9H16N2O4S/c1-7(12)16(14,15)9(11-8(10)13)5-3-2-4-6-9/h2-6H2,1H3,(H3,10,11,13). The van der Waals surface area contributed by atoms with E-state index in [2.05, 4.69) is 5.32 Å². The van der Waals surface area contributed by atoms with E-state index < -0.39 is 25.9 Å². The third-order valence-electron chi connectivity index (χ3n) is 2.91. The van der Waals surface area contributed by atoms with Crippen LogP contribution in [-0.4, -0.2) is 24.4 Å². The van der Waals surface area contributed by atoms with Gasteiger partial charge in [-0.15, -0.1) is 0 Å². The third kappa shape index (κ3) is 2.18. The van der Waals surface area contributed by atoms with Gasteiger partial charge in [-0.1, -0.05) is 19.3 Å². The van der Waals surface area contributed by atoms with Crippen molar-refractivity contribution in [3.05, 3.63) is 0 Å². The lowest BCUT2D eigenvalue weighted by Gasteiger charge is -2.35. The number of hydrogen-bond acceptors (Lipinski definition) is 4. The van der Waals surface area contributed by atoms with Gasteiger partial charge in [0.2, 0.25) is 15.0 Å². The van der Waals surface area contributed by atoms with Crippen molar-refractivity contribution in [2.45, 2.75) is 43.9 Å². The quantitative estimate of drug-likeness (QED) is 0.731. The Morgan fingerprint density at radius 1 is 1.19 bits per heavy atom. The topological polar surface area (TPSA) is 106 Å². The average molecular weight is 248 g/mol. The molecular weight excluding hydrogens is 232 g/mol. The van der Waals surface area contributed by atoms with Crippen molar-refractivity contribution in [3.63, 3.8) is 0 Å². The first-order valence-electron chi connectivity index (χ1n) is 5.15. The summed E-state index contributed by atoms with van der Waals surface area (Å²) in [7, 11) is -4.01. The summed E-state index contributed by atoms with van der Waals surface area (Å²) in [6.45, 7) is 0.994. The molecule has 1 fully saturated rings. The molecule has 1 rings (SSSR count). The normalized spacial score (nSPS) is 20.1. The van der Waals surface area contributed by atoms with Crippen molar-refractivity contribution in [2.75, 3.05) is 0 Å². The maximum atomic E-state index is 11.9. The average Bonchev–Trinajstić information content (AvgIpc) is 2.17. The molecule has 0 aromatic heterocycles. The molecule has 92 valence electrons. The second-order valence-corrected chi connectivity index (χ2v) is 6.40. The molecule has 0 heterocycles. The van der Waals surface area contributed by atoms with Crippen molar-refractivity contribution in [1.29, 1.82) is 0 Å². The number of urea groups is 1. The van der Waals surface area contributed by atoms with Crippen LogP contribution in [0.5, 0.6) is 0 Å². The van der Waals surface area contributed by atoms with Crippen LogP contribution in [0.25, 0.3) is 0 Å². The summed E-state index contributed by atoms with van der Waals surface area (Å²) in [6.07, 6.45) is 2.71. The maximum absolute atomic E-state index is 11.9. The number of nitrogens with two attached hydrogens (primary N) is 1. The first kappa shape index (κ1) is 13.0. The summed E-state index contributed by atoms with van der Waals surface area (Å²) in [5.74, 6) is 0. The van der Waals surface area contributed by atoms with E-state index in [1.807, 2.05) is 0 Å². The molecule has 0 aromatic carbocycles. The number of rotatable bonds is 2. The van der Waals surface area contributed by atoms with Gasteiger partial charge in [-0.3, -0.25) is 4.79 Å². The van der Waals surface area contributed by atoms with Crippen LogP contribution in [0.3, 0.4) is 0 Å². The van der Waals surface area contributed by atoms with Gasteiger partial charge < -0.3 is 11.1 Å². The minimum Gasteiger partial charge on any atom is -0.352 e. The van der Waals surface area contributed by atoms with Gasteiger partial charge in [0.25, 0.3) is 0 Å². The van der Waals surface area contributed by atoms with Gasteiger partial charge in [-0.25, -0.2) is 13.2 Å². The van der Waals surface area contributed by atoms with Gasteiger partial charge in [0.05, 0.1) is 0 Å². The van der Waals surface area contributed by atoms with E-state index in [-0.39, 0.29) is 12.8 Å². The van der Waals surface area contributed by atoms with Gasteiger partial charge in [-0.05, 0) is 12.8 Å². The zero-order valence-electron chi connectivity index (χ0n) is 9.15. The van der Waals surface area contributed by atoms with Gasteiger partial charge in [0.15, 0.2) is 4.87 Å². The Labute approximate surface area is 94.5 Å². The molecule has 16 heavy (non-hydrogen) atoms. The van der Waals surface area contributed by atoms with Crippen molar-refractivity contribution in [2.24, 2.45) is 5.73 Å². The molecule has 0 saturated heterocycles. The highest BCUT2D eigenvalue weighted by Gasteiger charge is 2.47. The summed E-state index contributed by atoms with van der Waals surface area (Å²) in [6, 6.07) is -0.910. The molecule has 1 aliphatic carbocycles. The highest BCUT2D eigenvalue weighted by molar-refractivity contribution is 8.07. The number of carbonyl (C=O) groups is 2. The number of sulfone groups is 1. The lowest BCUT2D eigenvalue weighted by molar-refractivity contribution is -0.110. The van der Waals surface area contributed by atoms with Crippen LogP contribution in [0, 0.1) is 0 Å². The van der Waals surface area contributed by atoms with Gasteiger partial charge in [-0.2, -0.15) is 0 Å². The van der Waals surface area contributed by atoms with Crippen LogP contribution in [-0.2, 0) is 14.6 Å². The van der Waals surface area contributed by atoms with E-state index in [0.717, 1.165) is 13.3 Å². The molecular formula is C9H16N2O4S. The van der Waals surface area contributed by atoms with Crippen molar-refractivity contribution < 1.29 is 18.0 Å². The number of nitrogens with one attached hydrogen (secondary N) is 1. The summed E-state index contributed by atoms with van der Waals surface area (Å²) >= 11 is 0. The van der Waals surface area contributed by atoms with Crippen LogP contribution < -0.4 is 11.1 Å². The number of carbonyl (C=O) groups excluding carboxylic acids is 2. The highest BCUT2D eigenvalue weighted by Crippen LogP contribution is 2.33. The molecule has 0 aromatic rings. The zero-order chi connectivity index (χ0) is 12.4. The molecule has 1 saturated carbocycles. The fourth-order valence-electron chi connectivity index (χ4n) is 2.08. The SMILES string of the molecule is CC(=O)S(=O)(=O)C1(NC(N)=O)CCCCC1. The minimum atomic E-state index is -4.01. The van der Waals surface area contributed by atoms with Crippen LogP contribution in [0.4, 0.5) is 4.79 Å². The van der Waals surface area contributed by atoms with E-state index in [9.17, 15) is 18.0 Å². The van der Waals surface area contributed by atoms with Gasteiger partial charge >= 0.3 is 6.03 Å². The van der Waals surface area contributed by atoms with Gasteiger partial charge in [0.1, 0.15) is 0 Å². The van der Waals surface area contributed by atoms with E-state index >= 15 is 0 Å². The summed E-state index contributed by atoms with van der Waals surface area (Å²) in [5, 5.41) is 1.32. The Morgan fingerprint density at radius 2 is 1.69 bits per heavy atom. The monoisotopic (exact) mass is 248 g/mol. The zero-order valence-corrected chi connectivity index (χ0v) is 9.97. The molecule has 0 aliphatic heterocycles. The number of hydrogen-bond donors (Lipinski definition) is 2. The molecule has 2 amide bonds. The highest BCUT2D eigenvalue weighted by atomic mass is 32.2. The van der Waals surface area contributed by atoms with E-state index in [4.69, 9.17) is 5.73 Å². The molecule has 6 nitrogen and oxygen atoms in total. The molecule has 0 unspecified atom stereocenters. The van der Waals surface area contributed by atoms with Crippen molar-refractivity contribution in [1.82, 2.24) is 5.32 Å². The Hall–Kier alpha value is -1.11. The maximum Gasteiger partial charge on any atom is 0.313 e. The van der Waals surface area contributed by atoms with Gasteiger partial charge in [0, 0.05) is 6.92 Å². The smallest absolute Gasteiger partial charge is 0.313 e. The first-order chi connectivity index (χ1) is 7.32. The van der Waals surface area contributed by atoms with E-state index in [1.165, 1.54) is 0 Å². The van der Waals surface area contributed by atoms with Crippen molar-refractivity contribution in [3.8, 4) is 0 Å². The fourth-order valence-corrected chi connectivity index (χ4v) is 3.69. The van der Waals surface area contributed by atoms with Crippen molar-refractivity contribution >= 4 is 21.0 Å². The lowest BCUT2D eigenvalue weighted by Crippen LogP contribution is -2.58. The largest absolute Gasteiger partial charge is 0.352 e. The molecule has 7 heteroatoms. The Bertz CT molecular complexity index is 396. The lowest BCUT2D eigenvalue weighted by atomic mass is 9.95. The fraction of sp³-hybridized carbons (Fsp3) is 0.778. The second-order valence-electron chi connectivity index (χ2n) is 4.04. The Morgan fingerprint density at radius 3 is 2.06 bits per heavy atom. The molecule has 0 spiro atoms. The number of amides is 2. The Kier molecular flexibility index (Phi) is 3.57. The van der Waals surface area contributed by atoms with Crippen LogP contribution in [0.1, 0.15) is 39.0 Å². The van der Waals surface area contributed by atoms with E-state index in [1.54, 1.807) is 0 Å². The molecule has 1 aliphatic rings. The summed E-state index contributed by atoms with van der Waals surface area (Å²) in [4.78, 5) is 20.6. The predicted octanol–water partition coefficient (Wildman–Crippen LogP) is 0.276.